The van der Waals surface area contributed by atoms with Crippen LogP contribution in [0.4, 0.5) is 8.78 Å². The van der Waals surface area contributed by atoms with Gasteiger partial charge in [0.25, 0.3) is 0 Å². The molecule has 0 aliphatic rings. The highest BCUT2D eigenvalue weighted by molar-refractivity contribution is 6.21. The second-order valence-corrected chi connectivity index (χ2v) is 5.15. The number of carbonyl (C=O) groups excluding carboxylic acids is 2. The highest BCUT2D eigenvalue weighted by Crippen LogP contribution is 2.15. The predicted molar refractivity (Wildman–Crippen MR) is 87.5 cm³/mol. The lowest BCUT2D eigenvalue weighted by Gasteiger charge is -2.08. The summed E-state index contributed by atoms with van der Waals surface area (Å²) in [6, 6.07) is 12.0. The first-order chi connectivity index (χ1) is 12.0. The van der Waals surface area contributed by atoms with Crippen molar-refractivity contribution in [3.63, 3.8) is 0 Å². The normalized spacial score (nSPS) is 11.2. The fourth-order valence-corrected chi connectivity index (χ4v) is 2.03. The molecule has 2 aromatic rings. The van der Waals surface area contributed by atoms with Gasteiger partial charge in [-0.05, 0) is 29.3 Å². The molecule has 0 spiro atoms. The van der Waals surface area contributed by atoms with Crippen LogP contribution >= 0.6 is 0 Å². The molecule has 0 aromatic heterocycles. The summed E-state index contributed by atoms with van der Waals surface area (Å²) in [5.74, 6) is -3.58. The smallest absolute Gasteiger partial charge is 0.342 e. The molecular weight excluding hydrogens is 330 g/mol. The Hall–Kier alpha value is -2.86. The van der Waals surface area contributed by atoms with Crippen LogP contribution in [0.15, 0.2) is 54.1 Å². The van der Waals surface area contributed by atoms with Crippen LogP contribution in [-0.4, -0.2) is 25.5 Å². The summed E-state index contributed by atoms with van der Waals surface area (Å²) in [5.41, 5.74) is 0.612. The summed E-state index contributed by atoms with van der Waals surface area (Å²) in [6.07, 6.45) is 1.15. The summed E-state index contributed by atoms with van der Waals surface area (Å²) in [4.78, 5) is 24.3. The van der Waals surface area contributed by atoms with Gasteiger partial charge in [-0.1, -0.05) is 36.4 Å². The molecule has 0 saturated heterocycles. The second-order valence-electron chi connectivity index (χ2n) is 5.15. The third-order valence-electron chi connectivity index (χ3n) is 3.26. The van der Waals surface area contributed by atoms with Crippen LogP contribution in [0.25, 0.3) is 6.08 Å². The van der Waals surface area contributed by atoms with E-state index in [1.54, 1.807) is 24.3 Å². The van der Waals surface area contributed by atoms with Crippen molar-refractivity contribution in [2.45, 2.75) is 6.61 Å². The fourth-order valence-electron chi connectivity index (χ4n) is 2.03. The number of Topliss-reactive ketones (excluding diaryl/α,β-unsaturated/α-hetero) is 1. The second kappa shape index (κ2) is 8.84. The first-order valence-corrected chi connectivity index (χ1v) is 7.41. The molecule has 0 heterocycles. The van der Waals surface area contributed by atoms with Crippen LogP contribution < -0.4 is 0 Å². The van der Waals surface area contributed by atoms with Crippen molar-refractivity contribution in [1.82, 2.24) is 0 Å². The van der Waals surface area contributed by atoms with E-state index in [1.165, 1.54) is 13.2 Å². The van der Waals surface area contributed by atoms with E-state index in [-0.39, 0.29) is 24.4 Å². The van der Waals surface area contributed by atoms with Crippen molar-refractivity contribution in [2.75, 3.05) is 13.7 Å². The molecule has 2 aromatic carbocycles. The molecule has 0 N–H and O–H groups in total. The van der Waals surface area contributed by atoms with Gasteiger partial charge in [0.1, 0.15) is 18.8 Å². The Morgan fingerprint density at radius 3 is 2.40 bits per heavy atom. The fraction of sp³-hybridized carbons (Fsp3) is 0.158. The molecule has 0 unspecified atom stereocenters. The number of ketones is 1. The molecule has 0 radical (unpaired) electrons. The largest absolute Gasteiger partial charge is 0.457 e. The van der Waals surface area contributed by atoms with E-state index in [1.807, 2.05) is 6.07 Å². The van der Waals surface area contributed by atoms with E-state index in [0.717, 1.165) is 23.8 Å². The lowest BCUT2D eigenvalue weighted by atomic mass is 10.1. The molecule has 0 saturated carbocycles. The van der Waals surface area contributed by atoms with Crippen molar-refractivity contribution in [3.8, 4) is 0 Å². The van der Waals surface area contributed by atoms with E-state index < -0.39 is 23.4 Å². The zero-order chi connectivity index (χ0) is 18.2. The van der Waals surface area contributed by atoms with E-state index in [2.05, 4.69) is 0 Å². The minimum absolute atomic E-state index is 0.0188. The van der Waals surface area contributed by atoms with Gasteiger partial charge in [-0.3, -0.25) is 4.79 Å². The quantitative estimate of drug-likeness (QED) is 0.334. The maximum absolute atomic E-state index is 13.3. The van der Waals surface area contributed by atoms with Gasteiger partial charge in [0, 0.05) is 7.11 Å². The highest BCUT2D eigenvalue weighted by Gasteiger charge is 2.20. The lowest BCUT2D eigenvalue weighted by molar-refractivity contribution is -0.142. The molecular formula is C19H16F2O4. The molecule has 0 aliphatic heterocycles. The molecule has 0 atom stereocenters. The van der Waals surface area contributed by atoms with Crippen LogP contribution in [-0.2, 0) is 25.7 Å². The van der Waals surface area contributed by atoms with Crippen molar-refractivity contribution in [3.05, 3.63) is 76.9 Å². The number of benzene rings is 2. The molecule has 4 nitrogen and oxygen atoms in total. The van der Waals surface area contributed by atoms with Gasteiger partial charge in [0.2, 0.25) is 0 Å². The Labute approximate surface area is 143 Å². The zero-order valence-corrected chi connectivity index (χ0v) is 13.5. The Bertz CT molecular complexity index is 785. The number of hydrogen-bond donors (Lipinski definition) is 0. The molecule has 25 heavy (non-hydrogen) atoms. The average Bonchev–Trinajstić information content (AvgIpc) is 2.61. The van der Waals surface area contributed by atoms with Crippen LogP contribution in [0.3, 0.4) is 0 Å². The molecule has 0 bridgehead atoms. The third kappa shape index (κ3) is 5.32. The maximum atomic E-state index is 13.3. The molecule has 0 amide bonds. The van der Waals surface area contributed by atoms with Crippen LogP contribution in [0.2, 0.25) is 0 Å². The van der Waals surface area contributed by atoms with Gasteiger partial charge in [0.05, 0.1) is 0 Å². The van der Waals surface area contributed by atoms with E-state index in [4.69, 9.17) is 9.47 Å². The lowest BCUT2D eigenvalue weighted by Crippen LogP contribution is -2.19. The summed E-state index contributed by atoms with van der Waals surface area (Å²) in [7, 11) is 1.31. The average molecular weight is 346 g/mol. The number of hydrogen-bond acceptors (Lipinski definition) is 4. The van der Waals surface area contributed by atoms with E-state index in [0.29, 0.717) is 0 Å². The van der Waals surface area contributed by atoms with E-state index in [9.17, 15) is 18.4 Å². The number of rotatable bonds is 7. The molecule has 2 rings (SSSR count). The van der Waals surface area contributed by atoms with Crippen molar-refractivity contribution in [1.29, 1.82) is 0 Å². The highest BCUT2D eigenvalue weighted by atomic mass is 19.2. The van der Waals surface area contributed by atoms with Crippen molar-refractivity contribution >= 4 is 17.8 Å². The summed E-state index contributed by atoms with van der Waals surface area (Å²) < 4.78 is 36.2. The van der Waals surface area contributed by atoms with E-state index >= 15 is 0 Å². The van der Waals surface area contributed by atoms with Crippen molar-refractivity contribution in [2.24, 2.45) is 0 Å². The Kier molecular flexibility index (Phi) is 6.54. The molecule has 0 fully saturated rings. The SMILES string of the molecule is COCC(=O)C(=Cc1ccc(F)c(F)c1)C(=O)OCc1ccccc1. The third-order valence-corrected chi connectivity index (χ3v) is 3.26. The molecule has 130 valence electrons. The first-order valence-electron chi connectivity index (χ1n) is 7.41. The summed E-state index contributed by atoms with van der Waals surface area (Å²) in [6.45, 7) is -0.356. The monoisotopic (exact) mass is 346 g/mol. The molecule has 0 aliphatic carbocycles. The van der Waals surface area contributed by atoms with Crippen molar-refractivity contribution < 1.29 is 27.8 Å². The van der Waals surface area contributed by atoms with Gasteiger partial charge in [-0.15, -0.1) is 0 Å². The standard InChI is InChI=1S/C19H16F2O4/c1-24-12-18(22)15(9-14-7-8-16(20)17(21)10-14)19(23)25-11-13-5-3-2-4-6-13/h2-10H,11-12H2,1H3. The summed E-state index contributed by atoms with van der Waals surface area (Å²) >= 11 is 0. The minimum atomic E-state index is -1.08. The number of carbonyl (C=O) groups is 2. The molecule has 6 heteroatoms. The van der Waals surface area contributed by atoms with Gasteiger partial charge in [-0.25, -0.2) is 13.6 Å². The van der Waals surface area contributed by atoms with Gasteiger partial charge in [-0.2, -0.15) is 0 Å². The topological polar surface area (TPSA) is 52.6 Å². The van der Waals surface area contributed by atoms with Gasteiger partial charge < -0.3 is 9.47 Å². The van der Waals surface area contributed by atoms with Crippen LogP contribution in [0, 0.1) is 11.6 Å². The minimum Gasteiger partial charge on any atom is -0.457 e. The van der Waals surface area contributed by atoms with Crippen LogP contribution in [0.5, 0.6) is 0 Å². The first kappa shape index (κ1) is 18.5. The van der Waals surface area contributed by atoms with Gasteiger partial charge in [0.15, 0.2) is 17.4 Å². The number of ether oxygens (including phenoxy) is 2. The Morgan fingerprint density at radius 2 is 1.76 bits per heavy atom. The Morgan fingerprint density at radius 1 is 1.04 bits per heavy atom. The van der Waals surface area contributed by atoms with Crippen LogP contribution in [0.1, 0.15) is 11.1 Å². The maximum Gasteiger partial charge on any atom is 0.342 e. The zero-order valence-electron chi connectivity index (χ0n) is 13.5. The number of halogens is 2. The number of esters is 1. The predicted octanol–water partition coefficient (Wildman–Crippen LogP) is 3.31. The van der Waals surface area contributed by atoms with Gasteiger partial charge >= 0.3 is 5.97 Å². The Balaban J connectivity index is 2.22. The summed E-state index contributed by atoms with van der Waals surface area (Å²) in [5, 5.41) is 0. The number of methoxy groups -OCH3 is 1.